The number of methoxy groups -OCH3 is 1. The second-order valence-corrected chi connectivity index (χ2v) is 4.94. The molecule has 0 aliphatic heterocycles. The lowest BCUT2D eigenvalue weighted by Gasteiger charge is -2.14. The van der Waals surface area contributed by atoms with Gasteiger partial charge in [-0.3, -0.25) is 4.79 Å². The summed E-state index contributed by atoms with van der Waals surface area (Å²) in [4.78, 5) is 11.5. The molecule has 0 spiro atoms. The van der Waals surface area contributed by atoms with Gasteiger partial charge in [0.2, 0.25) is 0 Å². The van der Waals surface area contributed by atoms with Crippen LogP contribution in [-0.4, -0.2) is 18.2 Å². The first-order chi connectivity index (χ1) is 9.60. The van der Waals surface area contributed by atoms with Gasteiger partial charge in [-0.1, -0.05) is 35.9 Å². The van der Waals surface area contributed by atoms with Crippen LogP contribution in [0.5, 0.6) is 5.75 Å². The van der Waals surface area contributed by atoms with Crippen molar-refractivity contribution in [2.24, 2.45) is 0 Å². The van der Waals surface area contributed by atoms with Crippen molar-refractivity contribution in [1.82, 2.24) is 0 Å². The van der Waals surface area contributed by atoms with Gasteiger partial charge in [0.15, 0.2) is 0 Å². The molecule has 3 nitrogen and oxygen atoms in total. The number of rotatable bonds is 5. The molecule has 0 aliphatic carbocycles. The Kier molecular flexibility index (Phi) is 4.64. The van der Waals surface area contributed by atoms with E-state index in [1.54, 1.807) is 31.4 Å². The molecule has 2 rings (SSSR count). The number of benzene rings is 2. The van der Waals surface area contributed by atoms with Gasteiger partial charge >= 0.3 is 5.97 Å². The molecule has 0 aromatic heterocycles. The van der Waals surface area contributed by atoms with Crippen LogP contribution in [0.3, 0.4) is 0 Å². The minimum Gasteiger partial charge on any atom is -0.497 e. The van der Waals surface area contributed by atoms with Crippen molar-refractivity contribution in [3.05, 3.63) is 64.7 Å². The zero-order chi connectivity index (χ0) is 14.5. The van der Waals surface area contributed by atoms with Crippen LogP contribution in [0.1, 0.15) is 17.0 Å². The number of carbonyl (C=O) groups is 1. The van der Waals surface area contributed by atoms with Crippen LogP contribution in [0.4, 0.5) is 0 Å². The highest BCUT2D eigenvalue weighted by Crippen LogP contribution is 2.25. The van der Waals surface area contributed by atoms with Crippen molar-refractivity contribution < 1.29 is 14.6 Å². The maximum Gasteiger partial charge on any atom is 0.311 e. The summed E-state index contributed by atoms with van der Waals surface area (Å²) in [5.41, 5.74) is 1.62. The molecule has 0 saturated carbocycles. The Labute approximate surface area is 122 Å². The molecule has 0 heterocycles. The standard InChI is InChI=1S/C16H15ClO3/c1-20-14-7-2-4-11(8-14)9-15(16(18)19)12-5-3-6-13(17)10-12/h2-8,10,15H,9H2,1H3,(H,18,19). The lowest BCUT2D eigenvalue weighted by Crippen LogP contribution is -2.14. The van der Waals surface area contributed by atoms with E-state index in [9.17, 15) is 9.90 Å². The van der Waals surface area contributed by atoms with Gasteiger partial charge in [0, 0.05) is 5.02 Å². The highest BCUT2D eigenvalue weighted by molar-refractivity contribution is 6.30. The van der Waals surface area contributed by atoms with E-state index in [0.717, 1.165) is 11.3 Å². The molecular formula is C16H15ClO3. The molecule has 0 fully saturated rings. The van der Waals surface area contributed by atoms with Gasteiger partial charge in [-0.25, -0.2) is 0 Å². The lowest BCUT2D eigenvalue weighted by atomic mass is 9.92. The molecule has 0 aliphatic rings. The average molecular weight is 291 g/mol. The van der Waals surface area contributed by atoms with Crippen molar-refractivity contribution in [2.45, 2.75) is 12.3 Å². The zero-order valence-electron chi connectivity index (χ0n) is 11.0. The first kappa shape index (κ1) is 14.4. The van der Waals surface area contributed by atoms with Crippen LogP contribution in [0.25, 0.3) is 0 Å². The maximum atomic E-state index is 11.5. The summed E-state index contributed by atoms with van der Waals surface area (Å²) in [6.45, 7) is 0. The summed E-state index contributed by atoms with van der Waals surface area (Å²) >= 11 is 5.93. The molecule has 104 valence electrons. The number of hydrogen-bond donors (Lipinski definition) is 1. The lowest BCUT2D eigenvalue weighted by molar-refractivity contribution is -0.138. The monoisotopic (exact) mass is 290 g/mol. The smallest absolute Gasteiger partial charge is 0.311 e. The van der Waals surface area contributed by atoms with Crippen LogP contribution >= 0.6 is 11.6 Å². The summed E-state index contributed by atoms with van der Waals surface area (Å²) in [5.74, 6) is -0.770. The molecule has 0 bridgehead atoms. The van der Waals surface area contributed by atoms with E-state index < -0.39 is 11.9 Å². The molecule has 2 aromatic carbocycles. The van der Waals surface area contributed by atoms with Crippen molar-refractivity contribution >= 4 is 17.6 Å². The third-order valence-corrected chi connectivity index (χ3v) is 3.36. The number of ether oxygens (including phenoxy) is 1. The fraction of sp³-hybridized carbons (Fsp3) is 0.188. The molecule has 0 radical (unpaired) electrons. The summed E-state index contributed by atoms with van der Waals surface area (Å²) in [6, 6.07) is 14.4. The molecule has 20 heavy (non-hydrogen) atoms. The van der Waals surface area contributed by atoms with E-state index in [-0.39, 0.29) is 0 Å². The number of halogens is 1. The Balaban J connectivity index is 2.28. The van der Waals surface area contributed by atoms with E-state index >= 15 is 0 Å². The molecular weight excluding hydrogens is 276 g/mol. The second-order valence-electron chi connectivity index (χ2n) is 4.50. The molecule has 1 unspecified atom stereocenters. The Morgan fingerprint density at radius 1 is 1.25 bits per heavy atom. The third-order valence-electron chi connectivity index (χ3n) is 3.12. The summed E-state index contributed by atoms with van der Waals surface area (Å²) in [7, 11) is 1.59. The highest BCUT2D eigenvalue weighted by Gasteiger charge is 2.20. The number of hydrogen-bond acceptors (Lipinski definition) is 2. The SMILES string of the molecule is COc1cccc(CC(C(=O)O)c2cccc(Cl)c2)c1. The number of carboxylic acids is 1. The maximum absolute atomic E-state index is 11.5. The molecule has 2 aromatic rings. The van der Waals surface area contributed by atoms with E-state index in [2.05, 4.69) is 0 Å². The minimum absolute atomic E-state index is 0.396. The number of carboxylic acid groups (broad SMARTS) is 1. The quantitative estimate of drug-likeness (QED) is 0.912. The predicted molar refractivity (Wildman–Crippen MR) is 78.5 cm³/mol. The fourth-order valence-corrected chi connectivity index (χ4v) is 2.30. The first-order valence-electron chi connectivity index (χ1n) is 6.21. The summed E-state index contributed by atoms with van der Waals surface area (Å²) < 4.78 is 5.15. The molecule has 4 heteroatoms. The molecule has 1 atom stereocenters. The van der Waals surface area contributed by atoms with Crippen LogP contribution in [0.2, 0.25) is 5.02 Å². The van der Waals surface area contributed by atoms with Gasteiger partial charge in [0.05, 0.1) is 13.0 Å². The highest BCUT2D eigenvalue weighted by atomic mass is 35.5. The van der Waals surface area contributed by atoms with Gasteiger partial charge in [0.25, 0.3) is 0 Å². The molecule has 0 amide bonds. The second kappa shape index (κ2) is 6.44. The summed E-state index contributed by atoms with van der Waals surface area (Å²) in [5, 5.41) is 9.97. The van der Waals surface area contributed by atoms with Crippen molar-refractivity contribution in [1.29, 1.82) is 0 Å². The fourth-order valence-electron chi connectivity index (χ4n) is 2.11. The zero-order valence-corrected chi connectivity index (χ0v) is 11.8. The topological polar surface area (TPSA) is 46.5 Å². The van der Waals surface area contributed by atoms with Gasteiger partial charge in [0.1, 0.15) is 5.75 Å². The van der Waals surface area contributed by atoms with Gasteiger partial charge < -0.3 is 9.84 Å². The minimum atomic E-state index is -0.866. The van der Waals surface area contributed by atoms with Crippen LogP contribution in [0, 0.1) is 0 Å². The summed E-state index contributed by atoms with van der Waals surface area (Å²) in [6.07, 6.45) is 0.396. The van der Waals surface area contributed by atoms with Crippen LogP contribution < -0.4 is 4.74 Å². The van der Waals surface area contributed by atoms with E-state index in [4.69, 9.17) is 16.3 Å². The van der Waals surface area contributed by atoms with Crippen molar-refractivity contribution in [3.63, 3.8) is 0 Å². The average Bonchev–Trinajstić information content (AvgIpc) is 2.44. The molecule has 0 saturated heterocycles. The van der Waals surface area contributed by atoms with Crippen molar-refractivity contribution in [2.75, 3.05) is 7.11 Å². The molecule has 1 N–H and O–H groups in total. The largest absolute Gasteiger partial charge is 0.497 e. The van der Waals surface area contributed by atoms with Crippen LogP contribution in [-0.2, 0) is 11.2 Å². The Hall–Kier alpha value is -2.00. The van der Waals surface area contributed by atoms with Crippen LogP contribution in [0.15, 0.2) is 48.5 Å². The Morgan fingerprint density at radius 2 is 2.00 bits per heavy atom. The normalized spacial score (nSPS) is 11.9. The van der Waals surface area contributed by atoms with E-state index in [0.29, 0.717) is 17.0 Å². The Bertz CT molecular complexity index is 610. The first-order valence-corrected chi connectivity index (χ1v) is 6.59. The third kappa shape index (κ3) is 3.52. The van der Waals surface area contributed by atoms with Gasteiger partial charge in [-0.2, -0.15) is 0 Å². The Morgan fingerprint density at radius 3 is 2.65 bits per heavy atom. The van der Waals surface area contributed by atoms with E-state index in [1.807, 2.05) is 24.3 Å². The van der Waals surface area contributed by atoms with Gasteiger partial charge in [-0.15, -0.1) is 0 Å². The van der Waals surface area contributed by atoms with Crippen molar-refractivity contribution in [3.8, 4) is 5.75 Å². The van der Waals surface area contributed by atoms with E-state index in [1.165, 1.54) is 0 Å². The predicted octanol–water partition coefficient (Wildman–Crippen LogP) is 3.76. The van der Waals surface area contributed by atoms with Gasteiger partial charge in [-0.05, 0) is 41.8 Å². The number of aliphatic carboxylic acids is 1.